The third-order valence-electron chi connectivity index (χ3n) is 5.18. The number of nitrogens with one attached hydrogen (secondary N) is 2. The van der Waals surface area contributed by atoms with Gasteiger partial charge in [0, 0.05) is 68.7 Å². The Kier molecular flexibility index (Phi) is 8.80. The third-order valence-corrected chi connectivity index (χ3v) is 5.18. The summed E-state index contributed by atoms with van der Waals surface area (Å²) in [5, 5.41) is 6.93. The first-order valence-corrected chi connectivity index (χ1v) is 10.8. The molecule has 2 N–H and O–H groups in total. The van der Waals surface area contributed by atoms with E-state index in [2.05, 4.69) is 45.4 Å². The molecule has 0 aliphatic carbocycles. The highest BCUT2D eigenvalue weighted by atomic mass is 16.5. The van der Waals surface area contributed by atoms with Crippen molar-refractivity contribution in [2.75, 3.05) is 57.9 Å². The van der Waals surface area contributed by atoms with Gasteiger partial charge in [-0.15, -0.1) is 0 Å². The number of rotatable bonds is 11. The zero-order chi connectivity index (χ0) is 20.3. The lowest BCUT2D eigenvalue weighted by atomic mass is 10.2. The van der Waals surface area contributed by atoms with E-state index in [0.717, 1.165) is 76.3 Å². The smallest absolute Gasteiger partial charge is 0.319 e. The molecule has 1 fully saturated rings. The lowest BCUT2D eigenvalue weighted by Crippen LogP contribution is -2.38. The maximum Gasteiger partial charge on any atom is 0.319 e. The van der Waals surface area contributed by atoms with Crippen LogP contribution in [-0.4, -0.2) is 68.1 Å². The molecule has 1 aromatic heterocycles. The van der Waals surface area contributed by atoms with Gasteiger partial charge in [0.1, 0.15) is 0 Å². The number of hydrogen-bond acceptors (Lipinski definition) is 4. The molecule has 2 amide bonds. The maximum atomic E-state index is 12.1. The highest BCUT2D eigenvalue weighted by Crippen LogP contribution is 2.20. The van der Waals surface area contributed by atoms with E-state index >= 15 is 0 Å². The number of carbonyl (C=O) groups is 1. The summed E-state index contributed by atoms with van der Waals surface area (Å²) in [5.74, 6) is 0. The minimum atomic E-state index is -0.176. The number of aromatic nitrogens is 1. The fourth-order valence-corrected chi connectivity index (χ4v) is 3.45. The molecule has 7 heteroatoms. The molecular formula is C22H34N4O3. The van der Waals surface area contributed by atoms with Crippen LogP contribution in [0.3, 0.4) is 0 Å². The Bertz CT molecular complexity index is 756. The van der Waals surface area contributed by atoms with Gasteiger partial charge >= 0.3 is 6.03 Å². The maximum absolute atomic E-state index is 12.1. The number of amides is 2. The lowest BCUT2D eigenvalue weighted by Gasteiger charge is -2.26. The molecule has 1 aliphatic rings. The third kappa shape index (κ3) is 7.03. The molecule has 0 spiro atoms. The molecule has 2 heterocycles. The van der Waals surface area contributed by atoms with Crippen molar-refractivity contribution in [2.24, 2.45) is 0 Å². The number of urea groups is 1. The van der Waals surface area contributed by atoms with E-state index in [1.165, 1.54) is 5.52 Å². The summed E-state index contributed by atoms with van der Waals surface area (Å²) in [5.41, 5.74) is 1.99. The number of ether oxygens (including phenoxy) is 2. The molecule has 0 unspecified atom stereocenters. The van der Waals surface area contributed by atoms with Gasteiger partial charge in [0.15, 0.2) is 0 Å². The molecule has 29 heavy (non-hydrogen) atoms. The summed E-state index contributed by atoms with van der Waals surface area (Å²) in [4.78, 5) is 14.5. The van der Waals surface area contributed by atoms with E-state index in [1.54, 1.807) is 0 Å². The van der Waals surface area contributed by atoms with Crippen molar-refractivity contribution in [3.63, 3.8) is 0 Å². The second-order valence-electron chi connectivity index (χ2n) is 7.44. The molecule has 2 aromatic rings. The first-order chi connectivity index (χ1) is 14.3. The van der Waals surface area contributed by atoms with Crippen LogP contribution in [0.2, 0.25) is 0 Å². The van der Waals surface area contributed by atoms with E-state index in [4.69, 9.17) is 9.47 Å². The molecule has 160 valence electrons. The summed E-state index contributed by atoms with van der Waals surface area (Å²) >= 11 is 0. The largest absolute Gasteiger partial charge is 0.381 e. The van der Waals surface area contributed by atoms with Gasteiger partial charge < -0.3 is 24.7 Å². The van der Waals surface area contributed by atoms with Gasteiger partial charge in [-0.05, 0) is 37.1 Å². The van der Waals surface area contributed by atoms with E-state index in [-0.39, 0.29) is 6.03 Å². The van der Waals surface area contributed by atoms with Crippen LogP contribution in [0.4, 0.5) is 10.5 Å². The van der Waals surface area contributed by atoms with Crippen molar-refractivity contribution in [3.05, 3.63) is 30.5 Å². The molecule has 3 rings (SSSR count). The fourth-order valence-electron chi connectivity index (χ4n) is 3.45. The minimum absolute atomic E-state index is 0.176. The van der Waals surface area contributed by atoms with Crippen molar-refractivity contribution in [1.29, 1.82) is 0 Å². The Balaban J connectivity index is 1.42. The van der Waals surface area contributed by atoms with E-state index in [9.17, 15) is 4.79 Å². The van der Waals surface area contributed by atoms with E-state index in [0.29, 0.717) is 13.2 Å². The SMILES string of the molecule is CCCCOCCCNC(=O)Nc1ccc2c(ccn2CCN2CCOCC2)c1. The molecule has 7 nitrogen and oxygen atoms in total. The van der Waals surface area contributed by atoms with Gasteiger partial charge in [0.25, 0.3) is 0 Å². The highest BCUT2D eigenvalue weighted by molar-refractivity contribution is 5.92. The normalized spacial score (nSPS) is 14.9. The van der Waals surface area contributed by atoms with Crippen LogP contribution in [-0.2, 0) is 16.0 Å². The van der Waals surface area contributed by atoms with Crippen molar-refractivity contribution >= 4 is 22.6 Å². The number of benzene rings is 1. The quantitative estimate of drug-likeness (QED) is 0.566. The van der Waals surface area contributed by atoms with Crippen molar-refractivity contribution in [1.82, 2.24) is 14.8 Å². The topological polar surface area (TPSA) is 67.8 Å². The molecule has 0 radical (unpaired) electrons. The first-order valence-electron chi connectivity index (χ1n) is 10.8. The minimum Gasteiger partial charge on any atom is -0.381 e. The van der Waals surface area contributed by atoms with Gasteiger partial charge in [-0.1, -0.05) is 13.3 Å². The number of anilines is 1. The number of nitrogens with zero attached hydrogens (tertiary/aromatic N) is 2. The van der Waals surface area contributed by atoms with Crippen molar-refractivity contribution in [3.8, 4) is 0 Å². The Labute approximate surface area is 173 Å². The van der Waals surface area contributed by atoms with E-state index in [1.807, 2.05) is 12.1 Å². The summed E-state index contributed by atoms with van der Waals surface area (Å²) in [6.07, 6.45) is 5.17. The van der Waals surface area contributed by atoms with Crippen molar-refractivity contribution < 1.29 is 14.3 Å². The molecule has 0 saturated carbocycles. The van der Waals surface area contributed by atoms with Crippen LogP contribution in [0.5, 0.6) is 0 Å². The van der Waals surface area contributed by atoms with Crippen LogP contribution >= 0.6 is 0 Å². The highest BCUT2D eigenvalue weighted by Gasteiger charge is 2.11. The fraction of sp³-hybridized carbons (Fsp3) is 0.591. The summed E-state index contributed by atoms with van der Waals surface area (Å²) in [7, 11) is 0. The van der Waals surface area contributed by atoms with Crippen LogP contribution in [0.25, 0.3) is 10.9 Å². The molecule has 0 atom stereocenters. The molecule has 1 aliphatic heterocycles. The average molecular weight is 403 g/mol. The molecular weight excluding hydrogens is 368 g/mol. The van der Waals surface area contributed by atoms with Crippen LogP contribution < -0.4 is 10.6 Å². The molecule has 1 aromatic carbocycles. The Morgan fingerprint density at radius 2 is 1.97 bits per heavy atom. The van der Waals surface area contributed by atoms with Crippen molar-refractivity contribution in [2.45, 2.75) is 32.7 Å². The zero-order valence-electron chi connectivity index (χ0n) is 17.5. The summed E-state index contributed by atoms with van der Waals surface area (Å²) in [6, 6.07) is 7.98. The predicted molar refractivity (Wildman–Crippen MR) is 117 cm³/mol. The Morgan fingerprint density at radius 1 is 1.14 bits per heavy atom. The second-order valence-corrected chi connectivity index (χ2v) is 7.44. The number of fused-ring (bicyclic) bond motifs is 1. The summed E-state index contributed by atoms with van der Waals surface area (Å²) < 4.78 is 13.2. The van der Waals surface area contributed by atoms with Gasteiger partial charge in [0.05, 0.1) is 13.2 Å². The van der Waals surface area contributed by atoms with Gasteiger partial charge in [0.2, 0.25) is 0 Å². The second kappa shape index (κ2) is 11.8. The van der Waals surface area contributed by atoms with Gasteiger partial charge in [-0.3, -0.25) is 4.90 Å². The standard InChI is InChI=1S/C22H34N4O3/c1-2-3-14-28-15-4-8-23-22(27)24-20-5-6-21-19(18-20)7-9-26(21)11-10-25-12-16-29-17-13-25/h5-7,9,18H,2-4,8,10-17H2,1H3,(H2,23,24,27). The van der Waals surface area contributed by atoms with Gasteiger partial charge in [-0.25, -0.2) is 4.79 Å². The van der Waals surface area contributed by atoms with Crippen LogP contribution in [0, 0.1) is 0 Å². The molecule has 1 saturated heterocycles. The lowest BCUT2D eigenvalue weighted by molar-refractivity contribution is 0.0365. The average Bonchev–Trinajstić information content (AvgIpc) is 3.14. The summed E-state index contributed by atoms with van der Waals surface area (Å²) in [6.45, 7) is 9.89. The first kappa shape index (κ1) is 21.6. The van der Waals surface area contributed by atoms with E-state index < -0.39 is 0 Å². The molecule has 0 bridgehead atoms. The van der Waals surface area contributed by atoms with Crippen LogP contribution in [0.1, 0.15) is 26.2 Å². The zero-order valence-corrected chi connectivity index (χ0v) is 17.5. The number of unbranched alkanes of at least 4 members (excludes halogenated alkanes) is 1. The number of morpholine rings is 1. The van der Waals surface area contributed by atoms with Crippen LogP contribution in [0.15, 0.2) is 30.5 Å². The number of hydrogen-bond donors (Lipinski definition) is 2. The predicted octanol–water partition coefficient (Wildman–Crippen LogP) is 3.30. The number of carbonyl (C=O) groups excluding carboxylic acids is 1. The Hall–Kier alpha value is -2.09. The monoisotopic (exact) mass is 402 g/mol. The van der Waals surface area contributed by atoms with Gasteiger partial charge in [-0.2, -0.15) is 0 Å². The Morgan fingerprint density at radius 3 is 2.79 bits per heavy atom.